The van der Waals surface area contributed by atoms with Crippen molar-refractivity contribution in [3.05, 3.63) is 112 Å². The van der Waals surface area contributed by atoms with Crippen molar-refractivity contribution < 1.29 is 4.39 Å². The highest BCUT2D eigenvalue weighted by Crippen LogP contribution is 2.24. The van der Waals surface area contributed by atoms with Gasteiger partial charge in [-0.25, -0.2) is 9.07 Å². The molecular weight excluding hydrogens is 413 g/mol. The van der Waals surface area contributed by atoms with E-state index in [9.17, 15) is 9.18 Å². The quantitative estimate of drug-likeness (QED) is 0.419. The standard InChI is InChI=1S/C28H28FN3O/c29-23-11-6-10-22(18-23)19-27-25-13-4-5-14-26(25)28(33)32(30-27)24-12-7-16-31(17-15-24)20-21-8-2-1-3-9-21/h1-6,8-11,13-14,18,24H,7,12,15-17,19-20H2. The third kappa shape index (κ3) is 4.88. The average molecular weight is 442 g/mol. The third-order valence-corrected chi connectivity index (χ3v) is 6.55. The van der Waals surface area contributed by atoms with Crippen LogP contribution < -0.4 is 5.56 Å². The van der Waals surface area contributed by atoms with Crippen LogP contribution in [0.25, 0.3) is 10.8 Å². The van der Waals surface area contributed by atoms with Crippen molar-refractivity contribution in [1.29, 1.82) is 0 Å². The van der Waals surface area contributed by atoms with Gasteiger partial charge in [-0.3, -0.25) is 9.69 Å². The first-order valence-electron chi connectivity index (χ1n) is 11.7. The predicted octanol–water partition coefficient (Wildman–Crippen LogP) is 5.35. The van der Waals surface area contributed by atoms with Gasteiger partial charge in [0.15, 0.2) is 0 Å². The SMILES string of the molecule is O=c1c2ccccc2c(Cc2cccc(F)c2)nn1C1CCCN(Cc2ccccc2)CC1. The molecule has 1 aliphatic heterocycles. The molecule has 1 saturated heterocycles. The largest absolute Gasteiger partial charge is 0.299 e. The molecule has 0 N–H and O–H groups in total. The fourth-order valence-electron chi connectivity index (χ4n) is 4.87. The molecule has 0 bridgehead atoms. The topological polar surface area (TPSA) is 38.1 Å². The van der Waals surface area contributed by atoms with Gasteiger partial charge in [-0.05, 0) is 55.1 Å². The zero-order valence-corrected chi connectivity index (χ0v) is 18.7. The van der Waals surface area contributed by atoms with Crippen LogP contribution in [-0.4, -0.2) is 27.8 Å². The summed E-state index contributed by atoms with van der Waals surface area (Å²) < 4.78 is 15.5. The first kappa shape index (κ1) is 21.5. The van der Waals surface area contributed by atoms with E-state index < -0.39 is 0 Å². The first-order valence-corrected chi connectivity index (χ1v) is 11.7. The second-order valence-corrected chi connectivity index (χ2v) is 8.90. The van der Waals surface area contributed by atoms with Gasteiger partial charge in [0.1, 0.15) is 5.82 Å². The van der Waals surface area contributed by atoms with Crippen molar-refractivity contribution in [2.45, 2.75) is 38.3 Å². The van der Waals surface area contributed by atoms with Crippen LogP contribution in [0, 0.1) is 5.82 Å². The molecule has 0 spiro atoms. The van der Waals surface area contributed by atoms with Gasteiger partial charge in [-0.1, -0.05) is 60.7 Å². The van der Waals surface area contributed by atoms with Gasteiger partial charge in [0.2, 0.25) is 0 Å². The molecule has 0 radical (unpaired) electrons. The summed E-state index contributed by atoms with van der Waals surface area (Å²) in [5.41, 5.74) is 2.96. The Bertz CT molecular complexity index is 1300. The molecule has 1 aromatic heterocycles. The van der Waals surface area contributed by atoms with Crippen molar-refractivity contribution in [3.8, 4) is 0 Å². The van der Waals surface area contributed by atoms with Gasteiger partial charge >= 0.3 is 0 Å². The molecule has 168 valence electrons. The van der Waals surface area contributed by atoms with Crippen LogP contribution in [0.15, 0.2) is 83.7 Å². The lowest BCUT2D eigenvalue weighted by molar-refractivity contribution is 0.270. The number of nitrogens with zero attached hydrogens (tertiary/aromatic N) is 3. The summed E-state index contributed by atoms with van der Waals surface area (Å²) in [6, 6.07) is 24.8. The van der Waals surface area contributed by atoms with E-state index in [2.05, 4.69) is 29.2 Å². The Morgan fingerprint density at radius 1 is 0.848 bits per heavy atom. The summed E-state index contributed by atoms with van der Waals surface area (Å²) in [4.78, 5) is 15.9. The van der Waals surface area contributed by atoms with Crippen LogP contribution in [0.4, 0.5) is 4.39 Å². The summed E-state index contributed by atoms with van der Waals surface area (Å²) in [5, 5.41) is 6.40. The van der Waals surface area contributed by atoms with Crippen molar-refractivity contribution in [3.63, 3.8) is 0 Å². The normalized spacial score (nSPS) is 17.2. The van der Waals surface area contributed by atoms with Crippen molar-refractivity contribution in [1.82, 2.24) is 14.7 Å². The molecule has 0 amide bonds. The molecule has 4 nitrogen and oxygen atoms in total. The van der Waals surface area contributed by atoms with E-state index >= 15 is 0 Å². The molecule has 1 atom stereocenters. The third-order valence-electron chi connectivity index (χ3n) is 6.55. The van der Waals surface area contributed by atoms with E-state index in [0.717, 1.165) is 55.5 Å². The number of hydrogen-bond acceptors (Lipinski definition) is 3. The number of hydrogen-bond donors (Lipinski definition) is 0. The minimum atomic E-state index is -0.257. The summed E-state index contributed by atoms with van der Waals surface area (Å²) in [6.07, 6.45) is 3.33. The number of rotatable bonds is 5. The number of aromatic nitrogens is 2. The van der Waals surface area contributed by atoms with Crippen molar-refractivity contribution >= 4 is 10.8 Å². The highest BCUT2D eigenvalue weighted by molar-refractivity contribution is 5.83. The van der Waals surface area contributed by atoms with Crippen LogP contribution in [-0.2, 0) is 13.0 Å². The lowest BCUT2D eigenvalue weighted by Gasteiger charge is -2.21. The van der Waals surface area contributed by atoms with Gasteiger partial charge < -0.3 is 0 Å². The fourth-order valence-corrected chi connectivity index (χ4v) is 4.87. The fraction of sp³-hybridized carbons (Fsp3) is 0.286. The lowest BCUT2D eigenvalue weighted by Crippen LogP contribution is -2.30. The average Bonchev–Trinajstić information content (AvgIpc) is 3.07. The van der Waals surface area contributed by atoms with Crippen LogP contribution in [0.5, 0.6) is 0 Å². The second kappa shape index (κ2) is 9.67. The maximum absolute atomic E-state index is 13.8. The van der Waals surface area contributed by atoms with E-state index in [-0.39, 0.29) is 17.4 Å². The zero-order valence-electron chi connectivity index (χ0n) is 18.7. The Kier molecular flexibility index (Phi) is 6.31. The molecular formula is C28H28FN3O. The molecule has 4 aromatic rings. The molecule has 2 heterocycles. The smallest absolute Gasteiger partial charge is 0.274 e. The van der Waals surface area contributed by atoms with Crippen LogP contribution in [0.2, 0.25) is 0 Å². The van der Waals surface area contributed by atoms with E-state index in [1.807, 2.05) is 36.4 Å². The van der Waals surface area contributed by atoms with E-state index in [1.165, 1.54) is 11.6 Å². The zero-order chi connectivity index (χ0) is 22.6. The minimum Gasteiger partial charge on any atom is -0.299 e. The summed E-state index contributed by atoms with van der Waals surface area (Å²) >= 11 is 0. The summed E-state index contributed by atoms with van der Waals surface area (Å²) in [5.74, 6) is -0.257. The lowest BCUT2D eigenvalue weighted by atomic mass is 10.0. The molecule has 1 unspecified atom stereocenters. The van der Waals surface area contributed by atoms with E-state index in [0.29, 0.717) is 11.8 Å². The van der Waals surface area contributed by atoms with E-state index in [1.54, 1.807) is 16.8 Å². The van der Waals surface area contributed by atoms with Crippen molar-refractivity contribution in [2.75, 3.05) is 13.1 Å². The summed E-state index contributed by atoms with van der Waals surface area (Å²) in [6.45, 7) is 2.88. The van der Waals surface area contributed by atoms with Crippen LogP contribution in [0.1, 0.15) is 42.1 Å². The molecule has 3 aromatic carbocycles. The highest BCUT2D eigenvalue weighted by Gasteiger charge is 2.22. The van der Waals surface area contributed by atoms with Gasteiger partial charge in [0.25, 0.3) is 5.56 Å². The van der Waals surface area contributed by atoms with Crippen molar-refractivity contribution in [2.24, 2.45) is 0 Å². The maximum atomic E-state index is 13.8. The Labute approximate surface area is 193 Å². The Morgan fingerprint density at radius 2 is 1.61 bits per heavy atom. The summed E-state index contributed by atoms with van der Waals surface area (Å²) in [7, 11) is 0. The number of fused-ring (bicyclic) bond motifs is 1. The monoisotopic (exact) mass is 441 g/mol. The molecule has 1 aliphatic rings. The number of halogens is 1. The molecule has 1 fully saturated rings. The van der Waals surface area contributed by atoms with E-state index in [4.69, 9.17) is 5.10 Å². The van der Waals surface area contributed by atoms with Gasteiger partial charge in [0, 0.05) is 24.9 Å². The highest BCUT2D eigenvalue weighted by atomic mass is 19.1. The van der Waals surface area contributed by atoms with Gasteiger partial charge in [-0.15, -0.1) is 0 Å². The molecule has 33 heavy (non-hydrogen) atoms. The Hall–Kier alpha value is -3.31. The Balaban J connectivity index is 1.44. The molecule has 5 rings (SSSR count). The Morgan fingerprint density at radius 3 is 2.42 bits per heavy atom. The van der Waals surface area contributed by atoms with Crippen LogP contribution >= 0.6 is 0 Å². The van der Waals surface area contributed by atoms with Gasteiger partial charge in [-0.2, -0.15) is 5.10 Å². The minimum absolute atomic E-state index is 0.0323. The number of benzene rings is 3. The van der Waals surface area contributed by atoms with Crippen LogP contribution in [0.3, 0.4) is 0 Å². The molecule has 5 heteroatoms. The molecule has 0 aliphatic carbocycles. The second-order valence-electron chi connectivity index (χ2n) is 8.90. The number of likely N-dealkylation sites (tertiary alicyclic amines) is 1. The van der Waals surface area contributed by atoms with Gasteiger partial charge in [0.05, 0.1) is 17.1 Å². The molecule has 0 saturated carbocycles. The maximum Gasteiger partial charge on any atom is 0.274 e. The predicted molar refractivity (Wildman–Crippen MR) is 130 cm³/mol. The first-order chi connectivity index (χ1) is 16.2.